The van der Waals surface area contributed by atoms with Gasteiger partial charge in [0.1, 0.15) is 0 Å². The molecule has 2 unspecified atom stereocenters. The summed E-state index contributed by atoms with van der Waals surface area (Å²) in [6, 6.07) is 21.1. The highest BCUT2D eigenvalue weighted by Crippen LogP contribution is 2.21. The van der Waals surface area contributed by atoms with Gasteiger partial charge in [-0.2, -0.15) is 0 Å². The van der Waals surface area contributed by atoms with Crippen LogP contribution in [0.3, 0.4) is 0 Å². The van der Waals surface area contributed by atoms with Gasteiger partial charge >= 0.3 is 0 Å². The van der Waals surface area contributed by atoms with Crippen LogP contribution >= 0.6 is 11.6 Å². The minimum atomic E-state index is 0.165. The molecule has 4 aromatic rings. The van der Waals surface area contributed by atoms with E-state index in [4.69, 9.17) is 16.7 Å². The number of hydrogen-bond acceptors (Lipinski definition) is 8. The summed E-state index contributed by atoms with van der Waals surface area (Å²) in [4.78, 5) is 19.0. The van der Waals surface area contributed by atoms with Crippen molar-refractivity contribution in [3.8, 4) is 0 Å². The maximum atomic E-state index is 9.47. The van der Waals surface area contributed by atoms with Crippen LogP contribution in [0.1, 0.15) is 60.8 Å². The lowest BCUT2D eigenvalue weighted by molar-refractivity contribution is 0.220. The molecule has 2 aromatic carbocycles. The Kier molecular flexibility index (Phi) is 13.8. The van der Waals surface area contributed by atoms with Crippen molar-refractivity contribution >= 4 is 17.5 Å². The van der Waals surface area contributed by atoms with E-state index in [0.717, 1.165) is 62.3 Å². The molecule has 0 bridgehead atoms. The largest absolute Gasteiger partial charge is 0.395 e. The van der Waals surface area contributed by atoms with Crippen LogP contribution in [-0.4, -0.2) is 68.5 Å². The zero-order valence-electron chi connectivity index (χ0n) is 24.7. The number of hydrogen-bond donors (Lipinski definition) is 3. The molecule has 4 heterocycles. The summed E-state index contributed by atoms with van der Waals surface area (Å²) < 4.78 is 0. The van der Waals surface area contributed by atoms with Gasteiger partial charge in [-0.1, -0.05) is 67.1 Å². The Morgan fingerprint density at radius 1 is 0.674 bits per heavy atom. The van der Waals surface area contributed by atoms with E-state index in [2.05, 4.69) is 54.4 Å². The van der Waals surface area contributed by atoms with E-state index in [1.54, 1.807) is 12.4 Å². The van der Waals surface area contributed by atoms with Gasteiger partial charge in [0, 0.05) is 50.2 Å². The lowest BCUT2D eigenvalue weighted by Gasteiger charge is -2.34. The molecule has 2 aliphatic heterocycles. The van der Waals surface area contributed by atoms with Crippen molar-refractivity contribution < 1.29 is 10.2 Å². The quantitative estimate of drug-likeness (QED) is 0.246. The number of rotatable bonds is 7. The van der Waals surface area contributed by atoms with Crippen molar-refractivity contribution in [2.45, 2.75) is 63.5 Å². The molecule has 2 saturated heterocycles. The first-order valence-corrected chi connectivity index (χ1v) is 15.6. The molecule has 9 heteroatoms. The Morgan fingerprint density at radius 3 is 1.72 bits per heavy atom. The second-order valence-corrected chi connectivity index (χ2v) is 11.3. The summed E-state index contributed by atoms with van der Waals surface area (Å²) in [6.45, 7) is 2.50. The maximum absolute atomic E-state index is 9.47. The van der Waals surface area contributed by atoms with Crippen molar-refractivity contribution in [3.63, 3.8) is 0 Å². The first-order chi connectivity index (χ1) is 21.1. The van der Waals surface area contributed by atoms with Crippen molar-refractivity contribution in [2.75, 3.05) is 31.2 Å². The summed E-state index contributed by atoms with van der Waals surface area (Å²) in [7, 11) is 0. The van der Waals surface area contributed by atoms with E-state index in [1.165, 1.54) is 30.4 Å². The minimum absolute atomic E-state index is 0.165. The molecular weight excluding hydrogens is 560 g/mol. The highest BCUT2D eigenvalue weighted by molar-refractivity contribution is 6.28. The Morgan fingerprint density at radius 2 is 1.23 bits per heavy atom. The van der Waals surface area contributed by atoms with Crippen LogP contribution in [0.2, 0.25) is 5.28 Å². The number of aliphatic hydroxyl groups is 2. The van der Waals surface area contributed by atoms with Gasteiger partial charge in [0.2, 0.25) is 11.2 Å². The fourth-order valence-electron chi connectivity index (χ4n) is 5.21. The molecule has 6 rings (SSSR count). The van der Waals surface area contributed by atoms with Gasteiger partial charge in [0.05, 0.1) is 19.3 Å². The monoisotopic (exact) mass is 602 g/mol. The number of anilines is 1. The van der Waals surface area contributed by atoms with Crippen molar-refractivity contribution in [2.24, 2.45) is 0 Å². The number of nitrogens with zero attached hydrogens (tertiary/aromatic N) is 5. The topological polar surface area (TPSA) is 107 Å². The predicted molar refractivity (Wildman–Crippen MR) is 172 cm³/mol. The third kappa shape index (κ3) is 11.3. The number of halogens is 1. The standard InChI is InChI=1S/C17H21N3O.C11H9ClN2.C6H13NO/c21-13-16-8-4-5-9-20(16)17-18-11-15(12-19-17)10-14-6-2-1-3-7-14;12-11-13-7-10(8-14-11)6-9-4-2-1-3-5-9;8-5-6-3-1-2-4-7-6/h1-3,6-7,11-12,16,21H,4-5,8-10,13H2;1-5,7-8H,6H2;6-8H,1-5H2. The van der Waals surface area contributed by atoms with E-state index < -0.39 is 0 Å². The van der Waals surface area contributed by atoms with E-state index in [9.17, 15) is 5.11 Å². The summed E-state index contributed by atoms with van der Waals surface area (Å²) >= 11 is 5.59. The molecule has 0 amide bonds. The van der Waals surface area contributed by atoms with Crippen LogP contribution in [0, 0.1) is 0 Å². The lowest BCUT2D eigenvalue weighted by atomic mass is 10.0. The molecule has 43 heavy (non-hydrogen) atoms. The number of aromatic nitrogens is 4. The fraction of sp³-hybridized carbons (Fsp3) is 0.412. The maximum Gasteiger partial charge on any atom is 0.225 e. The second kappa shape index (κ2) is 18.3. The molecule has 0 saturated carbocycles. The average molecular weight is 603 g/mol. The van der Waals surface area contributed by atoms with Crippen LogP contribution < -0.4 is 10.2 Å². The van der Waals surface area contributed by atoms with Gasteiger partial charge in [-0.3, -0.25) is 0 Å². The Balaban J connectivity index is 0.000000165. The van der Waals surface area contributed by atoms with E-state index in [-0.39, 0.29) is 12.6 Å². The number of piperidine rings is 2. The van der Waals surface area contributed by atoms with Crippen LogP contribution in [0.25, 0.3) is 0 Å². The molecule has 0 radical (unpaired) electrons. The van der Waals surface area contributed by atoms with Crippen LogP contribution in [0.5, 0.6) is 0 Å². The summed E-state index contributed by atoms with van der Waals surface area (Å²) in [5.74, 6) is 0.741. The van der Waals surface area contributed by atoms with Crippen LogP contribution in [0.15, 0.2) is 85.5 Å². The molecule has 3 N–H and O–H groups in total. The molecule has 8 nitrogen and oxygen atoms in total. The SMILES string of the molecule is Clc1ncc(Cc2ccccc2)cn1.OCC1CCCCN1.OCC1CCCCN1c1ncc(Cc2ccccc2)cn1. The second-order valence-electron chi connectivity index (χ2n) is 10.9. The highest BCUT2D eigenvalue weighted by Gasteiger charge is 2.23. The smallest absolute Gasteiger partial charge is 0.225 e. The van der Waals surface area contributed by atoms with E-state index in [0.29, 0.717) is 17.9 Å². The van der Waals surface area contributed by atoms with Gasteiger partial charge in [-0.05, 0) is 72.5 Å². The molecule has 2 fully saturated rings. The van der Waals surface area contributed by atoms with Gasteiger partial charge in [0.15, 0.2) is 0 Å². The Hall–Kier alpha value is -3.43. The van der Waals surface area contributed by atoms with Crippen LogP contribution in [0.4, 0.5) is 5.95 Å². The average Bonchev–Trinajstić information content (AvgIpc) is 3.08. The molecule has 0 spiro atoms. The number of aliphatic hydroxyl groups excluding tert-OH is 2. The fourth-order valence-corrected chi connectivity index (χ4v) is 5.31. The number of nitrogens with one attached hydrogen (secondary N) is 1. The van der Waals surface area contributed by atoms with Gasteiger partial charge < -0.3 is 20.4 Å². The van der Waals surface area contributed by atoms with Gasteiger partial charge in [-0.25, -0.2) is 19.9 Å². The Labute approximate surface area is 260 Å². The molecule has 2 aromatic heterocycles. The molecule has 0 aliphatic carbocycles. The number of benzene rings is 2. The third-order valence-electron chi connectivity index (χ3n) is 7.60. The van der Waals surface area contributed by atoms with Crippen molar-refractivity contribution in [1.29, 1.82) is 0 Å². The zero-order valence-corrected chi connectivity index (χ0v) is 25.5. The van der Waals surface area contributed by atoms with E-state index in [1.807, 2.05) is 48.8 Å². The summed E-state index contributed by atoms with van der Waals surface area (Å²) in [5, 5.41) is 21.6. The molecular formula is C34H43ClN6O2. The third-order valence-corrected chi connectivity index (χ3v) is 7.79. The molecule has 2 aliphatic rings. The lowest BCUT2D eigenvalue weighted by Crippen LogP contribution is -2.42. The predicted octanol–water partition coefficient (Wildman–Crippen LogP) is 5.26. The van der Waals surface area contributed by atoms with Crippen molar-refractivity contribution in [3.05, 3.63) is 113 Å². The van der Waals surface area contributed by atoms with E-state index >= 15 is 0 Å². The van der Waals surface area contributed by atoms with Gasteiger partial charge in [0.25, 0.3) is 0 Å². The normalized spacial score (nSPS) is 18.1. The van der Waals surface area contributed by atoms with Crippen molar-refractivity contribution in [1.82, 2.24) is 25.3 Å². The highest BCUT2D eigenvalue weighted by atomic mass is 35.5. The van der Waals surface area contributed by atoms with Crippen LogP contribution in [-0.2, 0) is 12.8 Å². The zero-order chi connectivity index (χ0) is 30.1. The summed E-state index contributed by atoms with van der Waals surface area (Å²) in [6.07, 6.45) is 16.0. The van der Waals surface area contributed by atoms with Gasteiger partial charge in [-0.15, -0.1) is 0 Å². The molecule has 228 valence electrons. The molecule has 2 atom stereocenters. The first kappa shape index (κ1) is 32.5. The Bertz CT molecular complexity index is 1290. The summed E-state index contributed by atoms with van der Waals surface area (Å²) in [5.41, 5.74) is 4.70. The first-order valence-electron chi connectivity index (χ1n) is 15.2. The minimum Gasteiger partial charge on any atom is -0.395 e.